The molecule has 0 atom stereocenters. The zero-order chi connectivity index (χ0) is 11.4. The minimum atomic E-state index is -0.245. The Morgan fingerprint density at radius 1 is 1.31 bits per heavy atom. The number of rotatable bonds is 4. The Balaban J connectivity index is 1.89. The molecule has 0 spiro atoms. The first-order chi connectivity index (χ1) is 7.74. The minimum Gasteiger partial charge on any atom is -0.360 e. The summed E-state index contributed by atoms with van der Waals surface area (Å²) in [6, 6.07) is 6.59. The Labute approximate surface area is 101 Å². The van der Waals surface area contributed by atoms with E-state index in [-0.39, 0.29) is 5.82 Å². The topological polar surface area (TPSA) is 38.1 Å². The Hall–Kier alpha value is -1.20. The number of nitrogens with zero attached hydrogens (tertiary/aromatic N) is 1. The van der Waals surface area contributed by atoms with Gasteiger partial charge < -0.3 is 9.84 Å². The molecule has 0 amide bonds. The lowest BCUT2D eigenvalue weighted by molar-refractivity contribution is 0.372. The van der Waals surface area contributed by atoms with Gasteiger partial charge in [-0.05, 0) is 23.8 Å². The Kier molecular flexibility index (Phi) is 3.69. The summed E-state index contributed by atoms with van der Waals surface area (Å²) in [5, 5.41) is 6.73. The maximum Gasteiger partial charge on any atom is 0.150 e. The van der Waals surface area contributed by atoms with Crippen LogP contribution in [0.4, 0.5) is 4.39 Å². The number of hydrogen-bond acceptors (Lipinski definition) is 3. The average molecular weight is 285 g/mol. The third-order valence-corrected chi connectivity index (χ3v) is 2.50. The van der Waals surface area contributed by atoms with Crippen LogP contribution in [-0.2, 0) is 13.1 Å². The van der Waals surface area contributed by atoms with Crippen molar-refractivity contribution in [3.05, 3.63) is 52.1 Å². The van der Waals surface area contributed by atoms with E-state index in [0.717, 1.165) is 15.8 Å². The lowest BCUT2D eigenvalue weighted by Gasteiger charge is -2.03. The van der Waals surface area contributed by atoms with E-state index in [2.05, 4.69) is 26.4 Å². The van der Waals surface area contributed by atoms with Crippen LogP contribution in [-0.4, -0.2) is 5.16 Å². The molecule has 1 aromatic heterocycles. The Morgan fingerprint density at radius 3 is 2.88 bits per heavy atom. The third-order valence-electron chi connectivity index (χ3n) is 2.04. The van der Waals surface area contributed by atoms with Gasteiger partial charge in [-0.1, -0.05) is 21.1 Å². The molecule has 0 radical (unpaired) electrons. The molecule has 0 fully saturated rings. The summed E-state index contributed by atoms with van der Waals surface area (Å²) >= 11 is 3.25. The largest absolute Gasteiger partial charge is 0.360 e. The van der Waals surface area contributed by atoms with Crippen LogP contribution in [0, 0.1) is 5.82 Å². The van der Waals surface area contributed by atoms with E-state index in [1.54, 1.807) is 12.3 Å². The minimum absolute atomic E-state index is 0.245. The molecule has 0 unspecified atom stereocenters. The molecular weight excluding hydrogens is 275 g/mol. The van der Waals surface area contributed by atoms with Gasteiger partial charge in [-0.25, -0.2) is 4.39 Å². The van der Waals surface area contributed by atoms with E-state index < -0.39 is 0 Å². The molecule has 0 aliphatic carbocycles. The molecule has 1 heterocycles. The van der Waals surface area contributed by atoms with E-state index in [1.807, 2.05) is 6.07 Å². The smallest absolute Gasteiger partial charge is 0.150 e. The van der Waals surface area contributed by atoms with E-state index in [9.17, 15) is 4.39 Å². The van der Waals surface area contributed by atoms with Gasteiger partial charge in [0.15, 0.2) is 0 Å². The van der Waals surface area contributed by atoms with Crippen molar-refractivity contribution >= 4 is 15.9 Å². The standard InChI is InChI=1S/C11H10BrFN2O/c12-9-3-8(4-10(13)5-9)6-14-7-11-1-2-15-16-11/h1-5,14H,6-7H2. The Bertz CT molecular complexity index is 439. The number of hydrogen-bond donors (Lipinski definition) is 1. The molecular formula is C11H10BrFN2O. The third kappa shape index (κ3) is 3.15. The number of nitrogens with one attached hydrogen (secondary N) is 1. The summed E-state index contributed by atoms with van der Waals surface area (Å²) in [5.74, 6) is 0.515. The molecule has 2 aromatic rings. The maximum absolute atomic E-state index is 13.0. The van der Waals surface area contributed by atoms with Gasteiger partial charge >= 0.3 is 0 Å². The van der Waals surface area contributed by atoms with Gasteiger partial charge in [-0.2, -0.15) is 0 Å². The van der Waals surface area contributed by atoms with Crippen LogP contribution >= 0.6 is 15.9 Å². The zero-order valence-electron chi connectivity index (χ0n) is 8.41. The Morgan fingerprint density at radius 2 is 2.19 bits per heavy atom. The second-order valence-electron chi connectivity index (χ2n) is 3.36. The lowest BCUT2D eigenvalue weighted by Crippen LogP contribution is -2.12. The summed E-state index contributed by atoms with van der Waals surface area (Å²) in [7, 11) is 0. The van der Waals surface area contributed by atoms with E-state index in [4.69, 9.17) is 4.52 Å². The van der Waals surface area contributed by atoms with Crippen molar-refractivity contribution in [2.45, 2.75) is 13.1 Å². The van der Waals surface area contributed by atoms with Gasteiger partial charge in [0.25, 0.3) is 0 Å². The molecule has 0 aliphatic rings. The van der Waals surface area contributed by atoms with E-state index >= 15 is 0 Å². The molecule has 2 rings (SSSR count). The first-order valence-electron chi connectivity index (χ1n) is 4.79. The fourth-order valence-electron chi connectivity index (χ4n) is 1.38. The van der Waals surface area contributed by atoms with Crippen LogP contribution in [0.2, 0.25) is 0 Å². The SMILES string of the molecule is Fc1cc(Br)cc(CNCc2ccno2)c1. The van der Waals surface area contributed by atoms with Gasteiger partial charge in [-0.3, -0.25) is 0 Å². The van der Waals surface area contributed by atoms with Crippen molar-refractivity contribution in [1.29, 1.82) is 0 Å². The maximum atomic E-state index is 13.0. The van der Waals surface area contributed by atoms with Crippen molar-refractivity contribution in [2.24, 2.45) is 0 Å². The van der Waals surface area contributed by atoms with Crippen LogP contribution in [0.25, 0.3) is 0 Å². The van der Waals surface area contributed by atoms with E-state index in [1.165, 1.54) is 12.1 Å². The quantitative estimate of drug-likeness (QED) is 0.938. The number of halogens is 2. The van der Waals surface area contributed by atoms with Gasteiger partial charge in [0.05, 0.1) is 12.7 Å². The highest BCUT2D eigenvalue weighted by atomic mass is 79.9. The summed E-state index contributed by atoms with van der Waals surface area (Å²) in [5.41, 5.74) is 0.881. The highest BCUT2D eigenvalue weighted by molar-refractivity contribution is 9.10. The second kappa shape index (κ2) is 5.23. The highest BCUT2D eigenvalue weighted by Crippen LogP contribution is 2.14. The van der Waals surface area contributed by atoms with E-state index in [0.29, 0.717) is 13.1 Å². The number of aromatic nitrogens is 1. The predicted molar refractivity (Wildman–Crippen MR) is 61.1 cm³/mol. The van der Waals surface area contributed by atoms with Gasteiger partial charge in [0.1, 0.15) is 11.6 Å². The summed E-state index contributed by atoms with van der Waals surface area (Å²) in [4.78, 5) is 0. The predicted octanol–water partition coefficient (Wildman–Crippen LogP) is 2.87. The zero-order valence-corrected chi connectivity index (χ0v) is 10.00. The molecule has 16 heavy (non-hydrogen) atoms. The molecule has 1 N–H and O–H groups in total. The van der Waals surface area contributed by atoms with Crippen LogP contribution in [0.5, 0.6) is 0 Å². The summed E-state index contributed by atoms with van der Waals surface area (Å²) in [6.07, 6.45) is 1.59. The molecule has 0 bridgehead atoms. The molecule has 0 aliphatic heterocycles. The van der Waals surface area contributed by atoms with Crippen molar-refractivity contribution in [1.82, 2.24) is 10.5 Å². The van der Waals surface area contributed by atoms with Crippen molar-refractivity contribution in [3.8, 4) is 0 Å². The van der Waals surface area contributed by atoms with Crippen molar-refractivity contribution in [3.63, 3.8) is 0 Å². The van der Waals surface area contributed by atoms with Crippen LogP contribution < -0.4 is 5.32 Å². The number of benzene rings is 1. The molecule has 84 valence electrons. The molecule has 0 saturated heterocycles. The lowest BCUT2D eigenvalue weighted by atomic mass is 10.2. The first-order valence-corrected chi connectivity index (χ1v) is 5.58. The van der Waals surface area contributed by atoms with Gasteiger partial charge in [0.2, 0.25) is 0 Å². The molecule has 1 aromatic carbocycles. The van der Waals surface area contributed by atoms with Crippen LogP contribution in [0.15, 0.2) is 39.5 Å². The first kappa shape index (κ1) is 11.3. The van der Waals surface area contributed by atoms with Crippen molar-refractivity contribution < 1.29 is 8.91 Å². The van der Waals surface area contributed by atoms with Crippen LogP contribution in [0.1, 0.15) is 11.3 Å². The summed E-state index contributed by atoms with van der Waals surface area (Å²) < 4.78 is 18.7. The fraction of sp³-hybridized carbons (Fsp3) is 0.182. The average Bonchev–Trinajstić information content (AvgIpc) is 2.69. The molecule has 3 nitrogen and oxygen atoms in total. The van der Waals surface area contributed by atoms with Gasteiger partial charge in [0, 0.05) is 17.1 Å². The second-order valence-corrected chi connectivity index (χ2v) is 4.28. The summed E-state index contributed by atoms with van der Waals surface area (Å²) in [6.45, 7) is 1.16. The molecule has 0 saturated carbocycles. The van der Waals surface area contributed by atoms with Gasteiger partial charge in [-0.15, -0.1) is 0 Å². The fourth-order valence-corrected chi connectivity index (χ4v) is 1.89. The molecule has 5 heteroatoms. The van der Waals surface area contributed by atoms with Crippen LogP contribution in [0.3, 0.4) is 0 Å². The monoisotopic (exact) mass is 284 g/mol. The highest BCUT2D eigenvalue weighted by Gasteiger charge is 2.00. The normalized spacial score (nSPS) is 10.6. The van der Waals surface area contributed by atoms with Crippen molar-refractivity contribution in [2.75, 3.05) is 0 Å².